The predicted octanol–water partition coefficient (Wildman–Crippen LogP) is 1.07. The van der Waals surface area contributed by atoms with Crippen LogP contribution in [0.15, 0.2) is 12.1 Å². The molecule has 0 aliphatic carbocycles. The summed E-state index contributed by atoms with van der Waals surface area (Å²) in [6.45, 7) is 0.996. The van der Waals surface area contributed by atoms with Gasteiger partial charge in [0, 0.05) is 31.7 Å². The van der Waals surface area contributed by atoms with E-state index in [2.05, 4.69) is 5.32 Å². The molecule has 1 amide bonds. The maximum absolute atomic E-state index is 14.0. The fraction of sp³-hybridized carbons (Fsp3) is 0.429. The fourth-order valence-electron chi connectivity index (χ4n) is 2.59. The van der Waals surface area contributed by atoms with Crippen molar-refractivity contribution in [3.63, 3.8) is 0 Å². The summed E-state index contributed by atoms with van der Waals surface area (Å²) < 4.78 is 14.0. The molecule has 0 radical (unpaired) electrons. The number of aromatic carboxylic acids is 1. The predicted molar refractivity (Wildman–Crippen MR) is 76.8 cm³/mol. The van der Waals surface area contributed by atoms with Gasteiger partial charge in [0.25, 0.3) is 0 Å². The van der Waals surface area contributed by atoms with Gasteiger partial charge in [-0.05, 0) is 25.0 Å². The molecule has 2 rings (SSSR count). The van der Waals surface area contributed by atoms with Crippen LogP contribution in [0.4, 0.5) is 15.8 Å². The molecule has 21 heavy (non-hydrogen) atoms. The lowest BCUT2D eigenvalue weighted by Crippen LogP contribution is -2.40. The van der Waals surface area contributed by atoms with Gasteiger partial charge in [-0.2, -0.15) is 0 Å². The van der Waals surface area contributed by atoms with E-state index in [-0.39, 0.29) is 28.8 Å². The van der Waals surface area contributed by atoms with Crippen LogP contribution >= 0.6 is 0 Å². The highest BCUT2D eigenvalue weighted by Gasteiger charge is 2.26. The maximum Gasteiger partial charge on any atom is 0.337 e. The molecule has 0 bridgehead atoms. The minimum Gasteiger partial charge on any atom is -0.478 e. The van der Waals surface area contributed by atoms with Crippen LogP contribution in [0.1, 0.15) is 23.2 Å². The number of carboxylic acids is 1. The molecule has 1 saturated heterocycles. The molecule has 0 unspecified atom stereocenters. The first-order valence-electron chi connectivity index (χ1n) is 6.73. The number of carbonyl (C=O) groups excluding carboxylic acids is 1. The molecule has 1 heterocycles. The molecule has 1 fully saturated rings. The third-order valence-corrected chi connectivity index (χ3v) is 3.80. The summed E-state index contributed by atoms with van der Waals surface area (Å²) in [5, 5.41) is 11.7. The van der Waals surface area contributed by atoms with Crippen LogP contribution in [-0.4, -0.2) is 37.1 Å². The van der Waals surface area contributed by atoms with Crippen LogP contribution in [-0.2, 0) is 4.79 Å². The standard InChI is InChI=1S/C14H18FN3O3/c1-17-13(19)8-2-4-18(5-3-8)12-6-9(14(20)21)11(16)7-10(12)15/h6-8H,2-5,16H2,1H3,(H,17,19)(H,20,21). The van der Waals surface area contributed by atoms with Crippen LogP contribution in [0.2, 0.25) is 0 Å². The zero-order chi connectivity index (χ0) is 15.6. The molecule has 0 aromatic heterocycles. The highest BCUT2D eigenvalue weighted by molar-refractivity contribution is 5.95. The summed E-state index contributed by atoms with van der Waals surface area (Å²) in [6, 6.07) is 2.29. The number of nitrogens with zero attached hydrogens (tertiary/aromatic N) is 1. The van der Waals surface area contributed by atoms with Gasteiger partial charge >= 0.3 is 5.97 Å². The number of hydrogen-bond donors (Lipinski definition) is 3. The van der Waals surface area contributed by atoms with Crippen molar-refractivity contribution in [3.05, 3.63) is 23.5 Å². The van der Waals surface area contributed by atoms with Crippen molar-refractivity contribution in [2.75, 3.05) is 30.8 Å². The molecular formula is C14H18FN3O3. The first-order chi connectivity index (χ1) is 9.93. The number of nitrogens with one attached hydrogen (secondary N) is 1. The number of halogens is 1. The van der Waals surface area contributed by atoms with Crippen molar-refractivity contribution in [2.24, 2.45) is 5.92 Å². The number of anilines is 2. The quantitative estimate of drug-likeness (QED) is 0.725. The molecule has 1 aromatic rings. The van der Waals surface area contributed by atoms with Crippen molar-refractivity contribution in [3.8, 4) is 0 Å². The molecule has 1 aromatic carbocycles. The van der Waals surface area contributed by atoms with Crippen molar-refractivity contribution in [2.45, 2.75) is 12.8 Å². The molecule has 114 valence electrons. The average Bonchev–Trinajstić information content (AvgIpc) is 2.46. The smallest absolute Gasteiger partial charge is 0.337 e. The number of nitrogens with two attached hydrogens (primary N) is 1. The monoisotopic (exact) mass is 295 g/mol. The van der Waals surface area contributed by atoms with Crippen LogP contribution in [0.25, 0.3) is 0 Å². The van der Waals surface area contributed by atoms with E-state index in [9.17, 15) is 14.0 Å². The van der Waals surface area contributed by atoms with E-state index in [0.717, 1.165) is 6.07 Å². The summed E-state index contributed by atoms with van der Waals surface area (Å²) in [7, 11) is 1.59. The van der Waals surface area contributed by atoms with Gasteiger partial charge in [0.15, 0.2) is 0 Å². The van der Waals surface area contributed by atoms with E-state index in [1.54, 1.807) is 11.9 Å². The third kappa shape index (κ3) is 3.07. The largest absolute Gasteiger partial charge is 0.478 e. The Morgan fingerprint density at radius 3 is 2.52 bits per heavy atom. The van der Waals surface area contributed by atoms with Gasteiger partial charge in [-0.25, -0.2) is 9.18 Å². The average molecular weight is 295 g/mol. The van der Waals surface area contributed by atoms with Gasteiger partial charge in [-0.1, -0.05) is 0 Å². The highest BCUT2D eigenvalue weighted by atomic mass is 19.1. The second kappa shape index (κ2) is 5.99. The molecule has 0 saturated carbocycles. The Kier molecular flexibility index (Phi) is 4.30. The number of hydrogen-bond acceptors (Lipinski definition) is 4. The van der Waals surface area contributed by atoms with Crippen LogP contribution < -0.4 is 16.0 Å². The summed E-state index contributed by atoms with van der Waals surface area (Å²) in [5.74, 6) is -1.83. The maximum atomic E-state index is 14.0. The van der Waals surface area contributed by atoms with Gasteiger partial charge in [0.1, 0.15) is 5.82 Å². The second-order valence-electron chi connectivity index (χ2n) is 5.07. The number of nitrogen functional groups attached to an aromatic ring is 1. The number of amides is 1. The van der Waals surface area contributed by atoms with Crippen LogP contribution in [0.3, 0.4) is 0 Å². The zero-order valence-electron chi connectivity index (χ0n) is 11.7. The van der Waals surface area contributed by atoms with Gasteiger partial charge < -0.3 is 21.1 Å². The normalized spacial score (nSPS) is 15.8. The molecule has 1 aliphatic heterocycles. The highest BCUT2D eigenvalue weighted by Crippen LogP contribution is 2.29. The lowest BCUT2D eigenvalue weighted by atomic mass is 9.95. The lowest BCUT2D eigenvalue weighted by Gasteiger charge is -2.33. The third-order valence-electron chi connectivity index (χ3n) is 3.80. The Labute approximate surface area is 121 Å². The number of piperidine rings is 1. The summed E-state index contributed by atoms with van der Waals surface area (Å²) in [5.41, 5.74) is 5.52. The van der Waals surface area contributed by atoms with Crippen molar-refractivity contribution in [1.82, 2.24) is 5.32 Å². The summed E-state index contributed by atoms with van der Waals surface area (Å²) >= 11 is 0. The number of carbonyl (C=O) groups is 2. The molecule has 4 N–H and O–H groups in total. The molecule has 6 nitrogen and oxygen atoms in total. The van der Waals surface area contributed by atoms with E-state index in [0.29, 0.717) is 25.9 Å². The van der Waals surface area contributed by atoms with Crippen LogP contribution in [0, 0.1) is 11.7 Å². The number of carboxylic acid groups (broad SMARTS) is 1. The van der Waals surface area contributed by atoms with Gasteiger partial charge in [0.2, 0.25) is 5.91 Å². The van der Waals surface area contributed by atoms with E-state index in [1.165, 1.54) is 6.07 Å². The summed E-state index contributed by atoms with van der Waals surface area (Å²) in [4.78, 5) is 24.4. The van der Waals surface area contributed by atoms with E-state index < -0.39 is 11.8 Å². The van der Waals surface area contributed by atoms with Gasteiger partial charge in [-0.3, -0.25) is 4.79 Å². The van der Waals surface area contributed by atoms with Gasteiger partial charge in [0.05, 0.1) is 11.3 Å². The van der Waals surface area contributed by atoms with E-state index in [1.807, 2.05) is 0 Å². The molecule has 7 heteroatoms. The van der Waals surface area contributed by atoms with Crippen molar-refractivity contribution < 1.29 is 19.1 Å². The fourth-order valence-corrected chi connectivity index (χ4v) is 2.59. The van der Waals surface area contributed by atoms with Crippen LogP contribution in [0.5, 0.6) is 0 Å². The molecular weight excluding hydrogens is 277 g/mol. The SMILES string of the molecule is CNC(=O)C1CCN(c2cc(C(=O)O)c(N)cc2F)CC1. The zero-order valence-corrected chi connectivity index (χ0v) is 11.7. The van der Waals surface area contributed by atoms with Crippen molar-refractivity contribution in [1.29, 1.82) is 0 Å². The second-order valence-corrected chi connectivity index (χ2v) is 5.07. The Morgan fingerprint density at radius 1 is 1.38 bits per heavy atom. The minimum atomic E-state index is -1.19. The Morgan fingerprint density at radius 2 is 2.00 bits per heavy atom. The Bertz CT molecular complexity index is 569. The number of benzene rings is 1. The first-order valence-corrected chi connectivity index (χ1v) is 6.73. The topological polar surface area (TPSA) is 95.7 Å². The number of rotatable bonds is 3. The Hall–Kier alpha value is -2.31. The van der Waals surface area contributed by atoms with Gasteiger partial charge in [-0.15, -0.1) is 0 Å². The molecule has 0 spiro atoms. The lowest BCUT2D eigenvalue weighted by molar-refractivity contribution is -0.125. The van der Waals surface area contributed by atoms with E-state index >= 15 is 0 Å². The van der Waals surface area contributed by atoms with Crippen molar-refractivity contribution >= 4 is 23.3 Å². The van der Waals surface area contributed by atoms with E-state index in [4.69, 9.17) is 10.8 Å². The summed E-state index contributed by atoms with van der Waals surface area (Å²) in [6.07, 6.45) is 1.21. The molecule has 1 aliphatic rings. The first kappa shape index (κ1) is 15.1. The minimum absolute atomic E-state index is 0.0151. The molecule has 0 atom stereocenters. The Balaban J connectivity index is 2.18.